The molecule has 0 fully saturated rings. The largest absolute Gasteiger partial charge is 0.462 e. The maximum Gasteiger partial charge on any atom is 0.148 e. The number of nitrogens with zero attached hydrogens (tertiary/aromatic N) is 2. The molecule has 2 aromatic heterocycles. The molecule has 0 spiro atoms. The molecule has 0 aromatic carbocycles. The van der Waals surface area contributed by atoms with Crippen LogP contribution in [0.1, 0.15) is 11.5 Å². The molecule has 5 nitrogen and oxygen atoms in total. The summed E-state index contributed by atoms with van der Waals surface area (Å²) in [5.74, 6) is 2.55. The first kappa shape index (κ1) is 10.8. The van der Waals surface area contributed by atoms with Crippen LogP contribution < -0.4 is 5.32 Å². The van der Waals surface area contributed by atoms with Crippen molar-refractivity contribution in [2.24, 2.45) is 7.05 Å². The Morgan fingerprint density at radius 3 is 2.88 bits per heavy atom. The molecule has 2 heterocycles. The van der Waals surface area contributed by atoms with Crippen LogP contribution in [0, 0.1) is 0 Å². The van der Waals surface area contributed by atoms with E-state index in [2.05, 4.69) is 10.4 Å². The zero-order chi connectivity index (χ0) is 11.4. The van der Waals surface area contributed by atoms with E-state index in [1.54, 1.807) is 11.8 Å². The Balaban J connectivity index is 1.89. The quantitative estimate of drug-likeness (QED) is 0.836. The molecule has 1 N–H and O–H groups in total. The highest BCUT2D eigenvalue weighted by molar-refractivity contribution is 5.32. The Labute approximate surface area is 94.0 Å². The van der Waals surface area contributed by atoms with Crippen molar-refractivity contribution < 1.29 is 9.15 Å². The van der Waals surface area contributed by atoms with Gasteiger partial charge in [0.05, 0.1) is 6.54 Å². The standard InChI is InChI=1S/C11H15N3O2/c1-14-6-5-11(13-14)12-7-9-3-4-10(16-9)8-15-2/h3-6H,7-8H2,1-2H3,(H,12,13). The number of nitrogens with one attached hydrogen (secondary N) is 1. The molecule has 0 saturated carbocycles. The average Bonchev–Trinajstić information content (AvgIpc) is 2.85. The van der Waals surface area contributed by atoms with E-state index in [-0.39, 0.29) is 0 Å². The predicted molar refractivity (Wildman–Crippen MR) is 60.0 cm³/mol. The van der Waals surface area contributed by atoms with Crippen molar-refractivity contribution in [2.45, 2.75) is 13.2 Å². The van der Waals surface area contributed by atoms with Crippen LogP contribution in [0.4, 0.5) is 5.82 Å². The summed E-state index contributed by atoms with van der Waals surface area (Å²) in [5, 5.41) is 7.38. The third-order valence-corrected chi connectivity index (χ3v) is 2.16. The highest BCUT2D eigenvalue weighted by Gasteiger charge is 2.02. The van der Waals surface area contributed by atoms with Crippen LogP contribution in [-0.2, 0) is 24.9 Å². The first-order valence-electron chi connectivity index (χ1n) is 5.08. The van der Waals surface area contributed by atoms with Gasteiger partial charge in [0.15, 0.2) is 0 Å². The smallest absolute Gasteiger partial charge is 0.148 e. The molecule has 0 unspecified atom stereocenters. The molecular weight excluding hydrogens is 206 g/mol. The van der Waals surface area contributed by atoms with Gasteiger partial charge < -0.3 is 14.5 Å². The van der Waals surface area contributed by atoms with Crippen molar-refractivity contribution in [3.8, 4) is 0 Å². The summed E-state index contributed by atoms with van der Waals surface area (Å²) in [4.78, 5) is 0. The summed E-state index contributed by atoms with van der Waals surface area (Å²) in [6.45, 7) is 1.13. The molecule has 0 saturated heterocycles. The third kappa shape index (κ3) is 2.64. The van der Waals surface area contributed by atoms with Crippen LogP contribution in [0.5, 0.6) is 0 Å². The van der Waals surface area contributed by atoms with Gasteiger partial charge in [-0.2, -0.15) is 5.10 Å². The molecule has 0 aliphatic carbocycles. The minimum atomic E-state index is 0.504. The number of aryl methyl sites for hydroxylation is 1. The topological polar surface area (TPSA) is 52.2 Å². The molecule has 86 valence electrons. The fourth-order valence-electron chi connectivity index (χ4n) is 1.42. The van der Waals surface area contributed by atoms with Crippen LogP contribution in [0.3, 0.4) is 0 Å². The number of aromatic nitrogens is 2. The average molecular weight is 221 g/mol. The highest BCUT2D eigenvalue weighted by Crippen LogP contribution is 2.11. The van der Waals surface area contributed by atoms with Crippen molar-refractivity contribution in [3.63, 3.8) is 0 Å². The van der Waals surface area contributed by atoms with E-state index in [1.807, 2.05) is 31.4 Å². The monoisotopic (exact) mass is 221 g/mol. The Morgan fingerprint density at radius 1 is 1.38 bits per heavy atom. The molecule has 2 rings (SSSR count). The van der Waals surface area contributed by atoms with Gasteiger partial charge in [0.25, 0.3) is 0 Å². The fourth-order valence-corrected chi connectivity index (χ4v) is 1.42. The molecular formula is C11H15N3O2. The maximum absolute atomic E-state index is 5.53. The first-order chi connectivity index (χ1) is 7.78. The summed E-state index contributed by atoms with van der Waals surface area (Å²) in [5.41, 5.74) is 0. The van der Waals surface area contributed by atoms with Gasteiger partial charge in [-0.05, 0) is 12.1 Å². The molecule has 0 aliphatic rings. The Kier molecular flexibility index (Phi) is 3.26. The molecule has 2 aromatic rings. The van der Waals surface area contributed by atoms with Crippen LogP contribution in [0.25, 0.3) is 0 Å². The predicted octanol–water partition coefficient (Wildman–Crippen LogP) is 1.77. The Hall–Kier alpha value is -1.75. The molecule has 0 aliphatic heterocycles. The molecule has 0 radical (unpaired) electrons. The number of hydrogen-bond donors (Lipinski definition) is 1. The number of rotatable bonds is 5. The van der Waals surface area contributed by atoms with Gasteiger partial charge in [-0.3, -0.25) is 4.68 Å². The van der Waals surface area contributed by atoms with Crippen LogP contribution >= 0.6 is 0 Å². The second kappa shape index (κ2) is 4.85. The van der Waals surface area contributed by atoms with Gasteiger partial charge in [0.2, 0.25) is 0 Å². The minimum absolute atomic E-state index is 0.504. The van der Waals surface area contributed by atoms with E-state index < -0.39 is 0 Å². The second-order valence-corrected chi connectivity index (χ2v) is 3.53. The SMILES string of the molecule is COCc1ccc(CNc2ccn(C)n2)o1. The first-order valence-corrected chi connectivity index (χ1v) is 5.08. The normalized spacial score (nSPS) is 10.6. The van der Waals surface area contributed by atoms with Gasteiger partial charge in [0, 0.05) is 26.4 Å². The molecule has 5 heteroatoms. The fraction of sp³-hybridized carbons (Fsp3) is 0.364. The van der Waals surface area contributed by atoms with Gasteiger partial charge in [-0.15, -0.1) is 0 Å². The van der Waals surface area contributed by atoms with Gasteiger partial charge in [-0.25, -0.2) is 0 Å². The van der Waals surface area contributed by atoms with Crippen LogP contribution in [0.15, 0.2) is 28.8 Å². The number of methoxy groups -OCH3 is 1. The summed E-state index contributed by atoms with van der Waals surface area (Å²) < 4.78 is 12.3. The Bertz CT molecular complexity index is 448. The Morgan fingerprint density at radius 2 is 2.19 bits per heavy atom. The summed E-state index contributed by atoms with van der Waals surface area (Å²) in [6, 6.07) is 5.77. The van der Waals surface area contributed by atoms with Crippen LogP contribution in [-0.4, -0.2) is 16.9 Å². The summed E-state index contributed by atoms with van der Waals surface area (Å²) >= 11 is 0. The lowest BCUT2D eigenvalue weighted by atomic mass is 10.4. The zero-order valence-corrected chi connectivity index (χ0v) is 9.43. The van der Waals surface area contributed by atoms with Crippen molar-refractivity contribution in [1.82, 2.24) is 9.78 Å². The van der Waals surface area contributed by atoms with Crippen molar-refractivity contribution in [2.75, 3.05) is 12.4 Å². The second-order valence-electron chi connectivity index (χ2n) is 3.53. The van der Waals surface area contributed by atoms with Gasteiger partial charge >= 0.3 is 0 Å². The van der Waals surface area contributed by atoms with E-state index in [4.69, 9.17) is 9.15 Å². The van der Waals surface area contributed by atoms with Crippen LogP contribution in [0.2, 0.25) is 0 Å². The lowest BCUT2D eigenvalue weighted by molar-refractivity contribution is 0.163. The summed E-state index contributed by atoms with van der Waals surface area (Å²) in [7, 11) is 3.53. The molecule has 0 atom stereocenters. The number of anilines is 1. The van der Waals surface area contributed by atoms with E-state index in [1.165, 1.54) is 0 Å². The molecule has 0 bridgehead atoms. The van der Waals surface area contributed by atoms with Gasteiger partial charge in [-0.1, -0.05) is 0 Å². The van der Waals surface area contributed by atoms with E-state index in [0.29, 0.717) is 13.2 Å². The minimum Gasteiger partial charge on any atom is -0.462 e. The van der Waals surface area contributed by atoms with E-state index in [9.17, 15) is 0 Å². The third-order valence-electron chi connectivity index (χ3n) is 2.16. The zero-order valence-electron chi connectivity index (χ0n) is 9.43. The van der Waals surface area contributed by atoms with Crippen molar-refractivity contribution in [1.29, 1.82) is 0 Å². The molecule has 0 amide bonds. The van der Waals surface area contributed by atoms with E-state index >= 15 is 0 Å². The van der Waals surface area contributed by atoms with E-state index in [0.717, 1.165) is 17.3 Å². The number of ether oxygens (including phenoxy) is 1. The van der Waals surface area contributed by atoms with Crippen molar-refractivity contribution in [3.05, 3.63) is 35.9 Å². The van der Waals surface area contributed by atoms with Gasteiger partial charge in [0.1, 0.15) is 23.9 Å². The lowest BCUT2D eigenvalue weighted by Gasteiger charge is -1.99. The number of hydrogen-bond acceptors (Lipinski definition) is 4. The van der Waals surface area contributed by atoms with Crippen molar-refractivity contribution >= 4 is 5.82 Å². The lowest BCUT2D eigenvalue weighted by Crippen LogP contribution is -1.99. The highest BCUT2D eigenvalue weighted by atomic mass is 16.5. The molecule has 16 heavy (non-hydrogen) atoms. The maximum atomic E-state index is 5.53. The number of furan rings is 1. The summed E-state index contributed by atoms with van der Waals surface area (Å²) in [6.07, 6.45) is 1.89.